The summed E-state index contributed by atoms with van der Waals surface area (Å²) < 4.78 is 11.5. The minimum Gasteiger partial charge on any atom is -0.492 e. The van der Waals surface area contributed by atoms with E-state index in [1.807, 2.05) is 12.1 Å². The number of aromatic nitrogens is 2. The third-order valence-electron chi connectivity index (χ3n) is 7.26. The zero-order valence-corrected chi connectivity index (χ0v) is 22.0. The Balaban J connectivity index is 1.23. The van der Waals surface area contributed by atoms with E-state index in [4.69, 9.17) is 19.6 Å². The molecule has 5 rings (SSSR count). The summed E-state index contributed by atoms with van der Waals surface area (Å²) in [6.07, 6.45) is 4.17. The van der Waals surface area contributed by atoms with Crippen molar-refractivity contribution in [3.63, 3.8) is 0 Å². The van der Waals surface area contributed by atoms with Crippen LogP contribution in [0.25, 0.3) is 11.3 Å². The molecule has 1 aromatic heterocycles. The number of ether oxygens (including phenoxy) is 2. The van der Waals surface area contributed by atoms with Gasteiger partial charge in [-0.2, -0.15) is 5.26 Å². The number of likely N-dealkylation sites (tertiary alicyclic amines) is 1. The van der Waals surface area contributed by atoms with Crippen molar-refractivity contribution in [2.75, 3.05) is 57.5 Å². The van der Waals surface area contributed by atoms with Gasteiger partial charge in [-0.25, -0.2) is 9.97 Å². The Kier molecular flexibility index (Phi) is 8.66. The number of carbonyl (C=O) groups is 1. The predicted molar refractivity (Wildman–Crippen MR) is 146 cm³/mol. The third-order valence-corrected chi connectivity index (χ3v) is 7.26. The van der Waals surface area contributed by atoms with Crippen molar-refractivity contribution in [2.45, 2.75) is 19.3 Å². The van der Waals surface area contributed by atoms with Crippen LogP contribution < -0.4 is 9.64 Å². The van der Waals surface area contributed by atoms with Crippen molar-refractivity contribution in [1.29, 1.82) is 5.26 Å². The fraction of sp³-hybridized carbons (Fsp3) is 0.400. The second kappa shape index (κ2) is 12.7. The predicted octanol–water partition coefficient (Wildman–Crippen LogP) is 3.05. The number of carbonyl (C=O) groups excluding carboxylic acids is 1. The van der Waals surface area contributed by atoms with Crippen LogP contribution in [0.15, 0.2) is 54.7 Å². The highest BCUT2D eigenvalue weighted by atomic mass is 16.5. The molecule has 2 saturated heterocycles. The first-order valence-electron chi connectivity index (χ1n) is 13.4. The lowest BCUT2D eigenvalue weighted by atomic mass is 9.99. The van der Waals surface area contributed by atoms with Gasteiger partial charge in [0, 0.05) is 56.0 Å². The number of benzene rings is 2. The Morgan fingerprint density at radius 1 is 1.13 bits per heavy atom. The van der Waals surface area contributed by atoms with Gasteiger partial charge in [0.05, 0.1) is 31.1 Å². The molecule has 0 radical (unpaired) electrons. The van der Waals surface area contributed by atoms with E-state index in [0.717, 1.165) is 56.0 Å². The van der Waals surface area contributed by atoms with Crippen LogP contribution in [0.2, 0.25) is 0 Å². The van der Waals surface area contributed by atoms with Crippen LogP contribution >= 0.6 is 0 Å². The fourth-order valence-electron chi connectivity index (χ4n) is 5.11. The minimum absolute atomic E-state index is 0.160. The fourth-order valence-corrected chi connectivity index (χ4v) is 5.11. The van der Waals surface area contributed by atoms with Gasteiger partial charge < -0.3 is 24.4 Å². The van der Waals surface area contributed by atoms with E-state index in [9.17, 15) is 10.1 Å². The van der Waals surface area contributed by atoms with Crippen molar-refractivity contribution in [3.8, 4) is 23.1 Å². The Hall–Kier alpha value is -4.00. The van der Waals surface area contributed by atoms with E-state index in [1.54, 1.807) is 23.2 Å². The summed E-state index contributed by atoms with van der Waals surface area (Å²) in [5, 5.41) is 18.9. The van der Waals surface area contributed by atoms with Gasteiger partial charge in [0.25, 0.3) is 0 Å². The van der Waals surface area contributed by atoms with Crippen molar-refractivity contribution in [1.82, 2.24) is 14.9 Å². The lowest BCUT2D eigenvalue weighted by molar-refractivity contribution is -0.136. The first-order valence-corrected chi connectivity index (χ1v) is 13.4. The van der Waals surface area contributed by atoms with Gasteiger partial charge in [-0.1, -0.05) is 12.1 Å². The third kappa shape index (κ3) is 6.72. The zero-order chi connectivity index (χ0) is 27.0. The van der Waals surface area contributed by atoms with E-state index < -0.39 is 6.61 Å². The Morgan fingerprint density at radius 3 is 2.72 bits per heavy atom. The molecule has 39 heavy (non-hydrogen) atoms. The van der Waals surface area contributed by atoms with Gasteiger partial charge in [0.1, 0.15) is 24.3 Å². The van der Waals surface area contributed by atoms with E-state index in [1.165, 1.54) is 5.69 Å². The molecule has 2 aliphatic heterocycles. The van der Waals surface area contributed by atoms with Crippen LogP contribution in [-0.2, 0) is 16.0 Å². The number of aliphatic hydroxyl groups is 1. The molecule has 0 aliphatic carbocycles. The van der Waals surface area contributed by atoms with Crippen LogP contribution in [0, 0.1) is 17.2 Å². The summed E-state index contributed by atoms with van der Waals surface area (Å²) in [6, 6.07) is 18.1. The lowest BCUT2D eigenvalue weighted by Gasteiger charge is -2.32. The van der Waals surface area contributed by atoms with E-state index in [-0.39, 0.29) is 11.8 Å². The molecule has 2 aromatic carbocycles. The second-order valence-corrected chi connectivity index (χ2v) is 9.94. The standard InChI is InChI=1S/C30H33N5O4/c31-18-25-17-24(5-8-28(25)39-21-23-2-1-11-35(19-23)30(37)20-36)27-9-10-32-29(33-27)16-22-3-6-26(7-4-22)34-12-14-38-15-13-34/h3-10,17,23,36H,1-2,11-16,19-21H2. The molecule has 1 atom stereocenters. The van der Waals surface area contributed by atoms with Crippen molar-refractivity contribution >= 4 is 11.6 Å². The second-order valence-electron chi connectivity index (χ2n) is 9.94. The van der Waals surface area contributed by atoms with Gasteiger partial charge in [-0.15, -0.1) is 0 Å². The normalized spacial score (nSPS) is 17.5. The topological polar surface area (TPSA) is 112 Å². The maximum Gasteiger partial charge on any atom is 0.248 e. The highest BCUT2D eigenvalue weighted by molar-refractivity contribution is 5.77. The largest absolute Gasteiger partial charge is 0.492 e. The molecule has 0 bridgehead atoms. The molecule has 9 heteroatoms. The summed E-state index contributed by atoms with van der Waals surface area (Å²) in [5.74, 6) is 1.13. The van der Waals surface area contributed by atoms with Gasteiger partial charge >= 0.3 is 0 Å². The number of morpholine rings is 1. The Bertz CT molecular complexity index is 1320. The van der Waals surface area contributed by atoms with Crippen LogP contribution in [0.5, 0.6) is 5.75 Å². The molecule has 202 valence electrons. The molecule has 9 nitrogen and oxygen atoms in total. The van der Waals surface area contributed by atoms with Gasteiger partial charge in [0.15, 0.2) is 0 Å². The lowest BCUT2D eigenvalue weighted by Crippen LogP contribution is -2.42. The van der Waals surface area contributed by atoms with Gasteiger partial charge in [-0.3, -0.25) is 4.79 Å². The molecule has 2 fully saturated rings. The van der Waals surface area contributed by atoms with Crippen LogP contribution in [0.1, 0.15) is 29.8 Å². The molecule has 1 amide bonds. The maximum absolute atomic E-state index is 11.8. The molecule has 3 aromatic rings. The van der Waals surface area contributed by atoms with Crippen LogP contribution in [0.4, 0.5) is 5.69 Å². The highest BCUT2D eigenvalue weighted by Crippen LogP contribution is 2.27. The first-order chi connectivity index (χ1) is 19.1. The zero-order valence-electron chi connectivity index (χ0n) is 22.0. The quantitative estimate of drug-likeness (QED) is 0.476. The molecule has 3 heterocycles. The maximum atomic E-state index is 11.8. The summed E-state index contributed by atoms with van der Waals surface area (Å²) in [7, 11) is 0. The van der Waals surface area contributed by atoms with E-state index in [2.05, 4.69) is 40.2 Å². The monoisotopic (exact) mass is 527 g/mol. The molecular weight excluding hydrogens is 494 g/mol. The van der Waals surface area contributed by atoms with Gasteiger partial charge in [0.2, 0.25) is 5.91 Å². The molecule has 1 unspecified atom stereocenters. The number of piperidine rings is 1. The summed E-state index contributed by atoms with van der Waals surface area (Å²) in [4.78, 5) is 25.1. The number of nitriles is 1. The molecule has 2 aliphatic rings. The summed E-state index contributed by atoms with van der Waals surface area (Å²) in [5.41, 5.74) is 4.33. The SMILES string of the molecule is N#Cc1cc(-c2ccnc(Cc3ccc(N4CCOCC4)cc3)n2)ccc1OCC1CCCN(C(=O)CO)C1. The Labute approximate surface area is 228 Å². The molecule has 0 spiro atoms. The van der Waals surface area contributed by atoms with Gasteiger partial charge in [-0.05, 0) is 54.8 Å². The van der Waals surface area contributed by atoms with Crippen molar-refractivity contribution < 1.29 is 19.4 Å². The Morgan fingerprint density at radius 2 is 1.95 bits per heavy atom. The summed E-state index contributed by atoms with van der Waals surface area (Å²) >= 11 is 0. The van der Waals surface area contributed by atoms with Crippen molar-refractivity contribution in [2.24, 2.45) is 5.92 Å². The van der Waals surface area contributed by atoms with Crippen LogP contribution in [-0.4, -0.2) is 78.5 Å². The summed E-state index contributed by atoms with van der Waals surface area (Å²) in [6.45, 7) is 4.48. The van der Waals surface area contributed by atoms with E-state index in [0.29, 0.717) is 43.3 Å². The van der Waals surface area contributed by atoms with Crippen molar-refractivity contribution in [3.05, 3.63) is 71.7 Å². The average molecular weight is 528 g/mol. The number of rotatable bonds is 8. The molecular formula is C30H33N5O4. The highest BCUT2D eigenvalue weighted by Gasteiger charge is 2.24. The number of hydrogen-bond acceptors (Lipinski definition) is 8. The van der Waals surface area contributed by atoms with Crippen LogP contribution in [0.3, 0.4) is 0 Å². The molecule has 1 N–H and O–H groups in total. The number of anilines is 1. The number of amides is 1. The van der Waals surface area contributed by atoms with E-state index >= 15 is 0 Å². The smallest absolute Gasteiger partial charge is 0.248 e. The number of aliphatic hydroxyl groups excluding tert-OH is 1. The number of nitrogens with zero attached hydrogens (tertiary/aromatic N) is 5. The average Bonchev–Trinajstić information content (AvgIpc) is 3.00. The first kappa shape index (κ1) is 26.6. The molecule has 0 saturated carbocycles. The number of hydrogen-bond donors (Lipinski definition) is 1. The minimum atomic E-state index is -0.473.